The topological polar surface area (TPSA) is 101 Å². The Balaban J connectivity index is 2.19. The number of aryl methyl sites for hydroxylation is 1. The molecule has 0 saturated heterocycles. The van der Waals surface area contributed by atoms with Gasteiger partial charge in [0.2, 0.25) is 0 Å². The summed E-state index contributed by atoms with van der Waals surface area (Å²) in [5, 5.41) is 12.0. The molecule has 0 bridgehead atoms. The number of benzene rings is 1. The van der Waals surface area contributed by atoms with Crippen molar-refractivity contribution < 1.29 is 19.4 Å². The lowest BCUT2D eigenvalue weighted by molar-refractivity contribution is 0.0526. The highest BCUT2D eigenvalue weighted by Crippen LogP contribution is 2.15. The summed E-state index contributed by atoms with van der Waals surface area (Å²) in [6, 6.07) is 6.54. The standard InChI is InChI=1S/C16H17N3O4/c1-3-23-16(22)13-9-17-10(2)19-14(13)18-8-11-5-4-6-12(7-11)15(20)21/h4-7,9H,3,8H2,1-2H3,(H,20,21)(H,17,18,19). The molecule has 0 aliphatic carbocycles. The second kappa shape index (κ2) is 7.35. The fourth-order valence-corrected chi connectivity index (χ4v) is 1.96. The average Bonchev–Trinajstić information content (AvgIpc) is 2.53. The predicted octanol–water partition coefficient (Wildman–Crippen LogP) is 2.27. The van der Waals surface area contributed by atoms with Gasteiger partial charge >= 0.3 is 11.9 Å². The van der Waals surface area contributed by atoms with Crippen LogP contribution < -0.4 is 5.32 Å². The molecule has 7 heteroatoms. The van der Waals surface area contributed by atoms with Gasteiger partial charge < -0.3 is 15.2 Å². The molecule has 0 fully saturated rings. The third-order valence-electron chi connectivity index (χ3n) is 3.04. The number of carbonyl (C=O) groups excluding carboxylic acids is 1. The zero-order valence-corrected chi connectivity index (χ0v) is 12.9. The van der Waals surface area contributed by atoms with E-state index in [0.717, 1.165) is 5.56 Å². The highest BCUT2D eigenvalue weighted by atomic mass is 16.5. The van der Waals surface area contributed by atoms with Gasteiger partial charge in [0.05, 0.1) is 12.2 Å². The first-order chi connectivity index (χ1) is 11.0. The molecule has 0 aliphatic heterocycles. The first-order valence-corrected chi connectivity index (χ1v) is 7.08. The van der Waals surface area contributed by atoms with Gasteiger partial charge in [-0.25, -0.2) is 19.6 Å². The van der Waals surface area contributed by atoms with Crippen molar-refractivity contribution in [3.8, 4) is 0 Å². The van der Waals surface area contributed by atoms with E-state index in [1.165, 1.54) is 12.3 Å². The SMILES string of the molecule is CCOC(=O)c1cnc(C)nc1NCc1cccc(C(=O)O)c1. The Morgan fingerprint density at radius 3 is 2.83 bits per heavy atom. The van der Waals surface area contributed by atoms with E-state index in [1.54, 1.807) is 32.0 Å². The number of aromatic nitrogens is 2. The van der Waals surface area contributed by atoms with Crippen LogP contribution in [0, 0.1) is 6.92 Å². The fourth-order valence-electron chi connectivity index (χ4n) is 1.96. The Labute approximate surface area is 133 Å². The van der Waals surface area contributed by atoms with Crippen LogP contribution in [0.25, 0.3) is 0 Å². The number of esters is 1. The van der Waals surface area contributed by atoms with Crippen LogP contribution in [0.1, 0.15) is 39.0 Å². The molecule has 1 heterocycles. The number of carbonyl (C=O) groups is 2. The van der Waals surface area contributed by atoms with Gasteiger partial charge in [-0.3, -0.25) is 0 Å². The Morgan fingerprint density at radius 1 is 1.35 bits per heavy atom. The van der Waals surface area contributed by atoms with Crippen LogP contribution in [0.5, 0.6) is 0 Å². The molecule has 1 aromatic carbocycles. The van der Waals surface area contributed by atoms with Crippen molar-refractivity contribution in [3.05, 3.63) is 53.0 Å². The molecule has 2 aromatic rings. The maximum Gasteiger partial charge on any atom is 0.343 e. The van der Waals surface area contributed by atoms with Gasteiger partial charge in [-0.2, -0.15) is 0 Å². The minimum absolute atomic E-state index is 0.203. The Morgan fingerprint density at radius 2 is 2.13 bits per heavy atom. The van der Waals surface area contributed by atoms with Crippen molar-refractivity contribution in [2.45, 2.75) is 20.4 Å². The number of hydrogen-bond acceptors (Lipinski definition) is 6. The van der Waals surface area contributed by atoms with Gasteiger partial charge in [-0.15, -0.1) is 0 Å². The lowest BCUT2D eigenvalue weighted by Gasteiger charge is -2.11. The van der Waals surface area contributed by atoms with Crippen LogP contribution in [-0.4, -0.2) is 33.6 Å². The van der Waals surface area contributed by atoms with Crippen LogP contribution in [0.2, 0.25) is 0 Å². The van der Waals surface area contributed by atoms with E-state index >= 15 is 0 Å². The normalized spacial score (nSPS) is 10.2. The zero-order valence-electron chi connectivity index (χ0n) is 12.9. The van der Waals surface area contributed by atoms with Gasteiger partial charge in [-0.05, 0) is 31.5 Å². The summed E-state index contributed by atoms with van der Waals surface area (Å²) in [6.45, 7) is 4.01. The molecule has 0 atom stereocenters. The lowest BCUT2D eigenvalue weighted by atomic mass is 10.1. The van der Waals surface area contributed by atoms with E-state index in [1.807, 2.05) is 0 Å². The number of rotatable bonds is 6. The third kappa shape index (κ3) is 4.26. The predicted molar refractivity (Wildman–Crippen MR) is 83.5 cm³/mol. The second-order valence-corrected chi connectivity index (χ2v) is 4.76. The molecule has 2 N–H and O–H groups in total. The van der Waals surface area contributed by atoms with Gasteiger partial charge in [-0.1, -0.05) is 12.1 Å². The summed E-state index contributed by atoms with van der Waals surface area (Å²) in [5.74, 6) is -0.622. The molecular formula is C16H17N3O4. The Hall–Kier alpha value is -2.96. The zero-order chi connectivity index (χ0) is 16.8. The minimum atomic E-state index is -0.989. The van der Waals surface area contributed by atoms with Gasteiger partial charge in [0.15, 0.2) is 0 Å². The average molecular weight is 315 g/mol. The summed E-state index contributed by atoms with van der Waals surface area (Å²) in [6.07, 6.45) is 1.41. The number of hydrogen-bond donors (Lipinski definition) is 2. The number of carboxylic acid groups (broad SMARTS) is 1. The molecule has 2 rings (SSSR count). The fraction of sp³-hybridized carbons (Fsp3) is 0.250. The molecule has 0 radical (unpaired) electrons. The molecule has 7 nitrogen and oxygen atoms in total. The Kier molecular flexibility index (Phi) is 5.24. The van der Waals surface area contributed by atoms with Gasteiger partial charge in [0.1, 0.15) is 17.2 Å². The van der Waals surface area contributed by atoms with E-state index < -0.39 is 11.9 Å². The van der Waals surface area contributed by atoms with Crippen molar-refractivity contribution in [2.24, 2.45) is 0 Å². The first-order valence-electron chi connectivity index (χ1n) is 7.08. The highest BCUT2D eigenvalue weighted by molar-refractivity contribution is 5.94. The molecule has 23 heavy (non-hydrogen) atoms. The van der Waals surface area contributed by atoms with E-state index in [2.05, 4.69) is 15.3 Å². The summed E-state index contributed by atoms with van der Waals surface area (Å²) < 4.78 is 4.97. The molecule has 0 saturated carbocycles. The molecule has 0 aliphatic rings. The molecule has 0 unspecified atom stereocenters. The number of ether oxygens (including phenoxy) is 1. The highest BCUT2D eigenvalue weighted by Gasteiger charge is 2.15. The molecule has 0 spiro atoms. The summed E-state index contributed by atoms with van der Waals surface area (Å²) in [4.78, 5) is 31.1. The first kappa shape index (κ1) is 16.4. The van der Waals surface area contributed by atoms with E-state index in [-0.39, 0.29) is 17.7 Å². The summed E-state index contributed by atoms with van der Waals surface area (Å²) in [5.41, 5.74) is 1.21. The molecule has 0 amide bonds. The number of anilines is 1. The maximum atomic E-state index is 11.9. The number of carboxylic acids is 1. The third-order valence-corrected chi connectivity index (χ3v) is 3.04. The molecule has 1 aromatic heterocycles. The number of nitrogens with one attached hydrogen (secondary N) is 1. The smallest absolute Gasteiger partial charge is 0.343 e. The van der Waals surface area contributed by atoms with Gasteiger partial charge in [0, 0.05) is 12.7 Å². The molecular weight excluding hydrogens is 298 g/mol. The van der Waals surface area contributed by atoms with Crippen molar-refractivity contribution in [2.75, 3.05) is 11.9 Å². The summed E-state index contributed by atoms with van der Waals surface area (Å²) in [7, 11) is 0. The number of nitrogens with zero attached hydrogens (tertiary/aromatic N) is 2. The quantitative estimate of drug-likeness (QED) is 0.788. The lowest BCUT2D eigenvalue weighted by Crippen LogP contribution is -2.13. The monoisotopic (exact) mass is 315 g/mol. The van der Waals surface area contributed by atoms with Gasteiger partial charge in [0.25, 0.3) is 0 Å². The van der Waals surface area contributed by atoms with Crippen LogP contribution >= 0.6 is 0 Å². The minimum Gasteiger partial charge on any atom is -0.478 e. The van der Waals surface area contributed by atoms with E-state index in [9.17, 15) is 9.59 Å². The van der Waals surface area contributed by atoms with E-state index in [4.69, 9.17) is 9.84 Å². The van der Waals surface area contributed by atoms with Crippen molar-refractivity contribution in [1.29, 1.82) is 0 Å². The van der Waals surface area contributed by atoms with Crippen molar-refractivity contribution >= 4 is 17.8 Å². The summed E-state index contributed by atoms with van der Waals surface area (Å²) >= 11 is 0. The van der Waals surface area contributed by atoms with Crippen molar-refractivity contribution in [3.63, 3.8) is 0 Å². The number of aromatic carboxylic acids is 1. The maximum absolute atomic E-state index is 11.9. The second-order valence-electron chi connectivity index (χ2n) is 4.76. The van der Waals surface area contributed by atoms with Crippen molar-refractivity contribution in [1.82, 2.24) is 9.97 Å². The van der Waals surface area contributed by atoms with Crippen LogP contribution in [0.3, 0.4) is 0 Å². The van der Waals surface area contributed by atoms with E-state index in [0.29, 0.717) is 18.2 Å². The Bertz CT molecular complexity index is 731. The van der Waals surface area contributed by atoms with Crippen LogP contribution in [0.15, 0.2) is 30.5 Å². The van der Waals surface area contributed by atoms with Crippen LogP contribution in [0.4, 0.5) is 5.82 Å². The van der Waals surface area contributed by atoms with Crippen LogP contribution in [-0.2, 0) is 11.3 Å². The largest absolute Gasteiger partial charge is 0.478 e. The molecule has 120 valence electrons.